The van der Waals surface area contributed by atoms with Crippen LogP contribution in [0.4, 0.5) is 0 Å². The normalized spacial score (nSPS) is 30.2. The number of esters is 3. The Morgan fingerprint density at radius 1 is 0.540 bits per heavy atom. The summed E-state index contributed by atoms with van der Waals surface area (Å²) in [5, 5.41) is 13.3. The summed E-state index contributed by atoms with van der Waals surface area (Å²) in [5.41, 5.74) is -0.788. The van der Waals surface area contributed by atoms with Gasteiger partial charge in [-0.1, -0.05) is 54.6 Å². The third-order valence-corrected chi connectivity index (χ3v) is 19.9. The van der Waals surface area contributed by atoms with Crippen molar-refractivity contribution in [3.8, 4) is 0 Å². The van der Waals surface area contributed by atoms with Crippen molar-refractivity contribution < 1.29 is 60.4 Å². The van der Waals surface area contributed by atoms with Crippen LogP contribution in [0.1, 0.15) is 103 Å². The predicted octanol–water partition coefficient (Wildman–Crippen LogP) is 4.70. The van der Waals surface area contributed by atoms with E-state index in [1.807, 2.05) is 0 Å². The molecular formula is C51H66ClO10P. The Kier molecular flexibility index (Phi) is 16.6. The van der Waals surface area contributed by atoms with E-state index < -0.39 is 7.26 Å². The highest BCUT2D eigenvalue weighted by Gasteiger charge is 2.60. The van der Waals surface area contributed by atoms with Gasteiger partial charge < -0.3 is 46.1 Å². The first kappa shape index (κ1) is 50.1. The number of fused-ring (bicyclic) bond motifs is 6. The smallest absolute Gasteiger partial charge is 0.311 e. The van der Waals surface area contributed by atoms with Crippen LogP contribution in [-0.2, 0) is 42.9 Å². The van der Waals surface area contributed by atoms with Gasteiger partial charge in [0.25, 0.3) is 0 Å². The summed E-state index contributed by atoms with van der Waals surface area (Å²) in [5.74, 6) is -0.253. The minimum atomic E-state index is -1.78. The molecule has 3 aromatic carbocycles. The molecule has 63 heavy (non-hydrogen) atoms. The molecule has 6 saturated carbocycles. The Balaban J connectivity index is 0.000000162. The lowest BCUT2D eigenvalue weighted by molar-refractivity contribution is -0.153. The number of aliphatic hydroxyl groups is 1. The quantitative estimate of drug-likeness (QED) is 0.118. The molecule has 0 spiro atoms. The summed E-state index contributed by atoms with van der Waals surface area (Å²) in [6.45, 7) is 0.228. The second-order valence-electron chi connectivity index (χ2n) is 19.1. The van der Waals surface area contributed by atoms with Crippen LogP contribution in [0.2, 0.25) is 0 Å². The van der Waals surface area contributed by atoms with Gasteiger partial charge in [-0.3, -0.25) is 14.4 Å². The zero-order valence-electron chi connectivity index (χ0n) is 37.5. The Bertz CT molecular complexity index is 1890. The lowest BCUT2D eigenvalue weighted by Crippen LogP contribution is -3.00. The molecule has 9 rings (SSSR count). The molecule has 10 nitrogen and oxygen atoms in total. The van der Waals surface area contributed by atoms with Gasteiger partial charge in [-0.05, 0) is 144 Å². The van der Waals surface area contributed by atoms with Crippen molar-refractivity contribution in [1.29, 1.82) is 0 Å². The van der Waals surface area contributed by atoms with Crippen molar-refractivity contribution in [2.75, 3.05) is 41.4 Å². The van der Waals surface area contributed by atoms with Crippen molar-refractivity contribution in [3.05, 3.63) is 91.0 Å². The summed E-state index contributed by atoms with van der Waals surface area (Å²) >= 11 is 0. The van der Waals surface area contributed by atoms with Crippen LogP contribution in [0.25, 0.3) is 0 Å². The van der Waals surface area contributed by atoms with E-state index in [4.69, 9.17) is 18.9 Å². The lowest BCUT2D eigenvalue weighted by atomic mass is 9.80. The molecule has 1 N–H and O–H groups in total. The topological polar surface area (TPSA) is 142 Å². The maximum atomic E-state index is 11.6. The van der Waals surface area contributed by atoms with Crippen molar-refractivity contribution in [3.63, 3.8) is 0 Å². The van der Waals surface area contributed by atoms with Crippen LogP contribution in [0, 0.1) is 32.5 Å². The molecule has 6 aliphatic carbocycles. The minimum Gasteiger partial charge on any atom is -1.00 e. The van der Waals surface area contributed by atoms with E-state index in [2.05, 4.69) is 91.0 Å². The monoisotopic (exact) mass is 904 g/mol. The third kappa shape index (κ3) is 9.85. The number of hydrogen-bond donors (Lipinski definition) is 1. The molecule has 0 heterocycles. The average Bonchev–Trinajstić information content (AvgIpc) is 4.21. The molecule has 0 amide bonds. The molecule has 0 saturated heterocycles. The van der Waals surface area contributed by atoms with E-state index in [0.29, 0.717) is 12.8 Å². The Morgan fingerprint density at radius 2 is 0.889 bits per heavy atom. The largest absolute Gasteiger partial charge is 1.00 e. The standard InChI is InChI=1S/C20H20OP.C11H16O3.C10H16O3.C10H14O3.ClH/c1-21-17-22(18-11-5-2-6-12-18,19-13-7-3-8-14-19)20-15-9-4-10-16-20;1-14-9(13)11-4-2-10(8-11,3-5-11)6-7-12;2*1-13-8(12)10-4-2-9(6-10,7-11)3-5-10;/h2-16H,17H2,1H3;7H,2-6,8H2,1H3;11H,2-7H2,1H3;7H,2-6H2,1H3;1H/q+1;;;;/p-1. The summed E-state index contributed by atoms with van der Waals surface area (Å²) in [7, 11) is 4.35. The number of ether oxygens (including phenoxy) is 4. The molecule has 6 aliphatic rings. The Hall–Kier alpha value is -3.95. The number of aldehydes is 2. The fourth-order valence-electron chi connectivity index (χ4n) is 12.1. The van der Waals surface area contributed by atoms with E-state index >= 15 is 0 Å². The van der Waals surface area contributed by atoms with Gasteiger partial charge in [-0.2, -0.15) is 0 Å². The molecule has 0 unspecified atom stereocenters. The first-order valence-electron chi connectivity index (χ1n) is 22.2. The summed E-state index contributed by atoms with van der Waals surface area (Å²) in [4.78, 5) is 56.2. The van der Waals surface area contributed by atoms with Crippen molar-refractivity contribution in [2.24, 2.45) is 32.5 Å². The van der Waals surface area contributed by atoms with Crippen LogP contribution >= 0.6 is 7.26 Å². The average molecular weight is 906 g/mol. The number of halogens is 1. The molecule has 6 fully saturated rings. The zero-order chi connectivity index (χ0) is 44.5. The first-order chi connectivity index (χ1) is 29.9. The molecule has 3 aromatic rings. The second kappa shape index (κ2) is 20.9. The van der Waals surface area contributed by atoms with Crippen LogP contribution in [-0.4, -0.2) is 77.0 Å². The zero-order valence-corrected chi connectivity index (χ0v) is 39.1. The van der Waals surface area contributed by atoms with Crippen LogP contribution in [0.3, 0.4) is 0 Å². The third-order valence-electron chi connectivity index (χ3n) is 15.7. The number of hydrogen-bond acceptors (Lipinski definition) is 10. The van der Waals surface area contributed by atoms with Gasteiger partial charge in [0.05, 0.1) is 37.6 Å². The number of aliphatic hydroxyl groups excluding tert-OH is 1. The SMILES string of the molecule is COC(=O)C12CCC(C=O)(CC1)C2.COC(=O)C12CCC(CC=O)(CC1)C2.COC(=O)C12CCC(CO)(CC1)C2.COC[P+](c1ccccc1)(c1ccccc1)c1ccccc1.[Cl-]. The van der Waals surface area contributed by atoms with E-state index in [9.17, 15) is 29.1 Å². The summed E-state index contributed by atoms with van der Waals surface area (Å²) < 4.78 is 20.2. The molecule has 0 aromatic heterocycles. The fraction of sp³-hybridized carbons (Fsp3) is 0.549. The molecular weight excluding hydrogens is 839 g/mol. The van der Waals surface area contributed by atoms with Gasteiger partial charge in [0.15, 0.2) is 6.35 Å². The van der Waals surface area contributed by atoms with E-state index in [-0.39, 0.29) is 69.4 Å². The molecule has 342 valence electrons. The number of benzene rings is 3. The van der Waals surface area contributed by atoms with Crippen LogP contribution in [0.5, 0.6) is 0 Å². The summed E-state index contributed by atoms with van der Waals surface area (Å²) in [6.07, 6.45) is 16.8. The van der Waals surface area contributed by atoms with Crippen molar-refractivity contribution >= 4 is 53.7 Å². The molecule has 0 atom stereocenters. The molecule has 0 radical (unpaired) electrons. The maximum absolute atomic E-state index is 11.6. The number of rotatable bonds is 12. The van der Waals surface area contributed by atoms with Crippen molar-refractivity contribution in [1.82, 2.24) is 0 Å². The molecule has 6 bridgehead atoms. The number of carbonyl (C=O) groups is 5. The molecule has 12 heteroatoms. The number of carbonyl (C=O) groups excluding carboxylic acids is 5. The predicted molar refractivity (Wildman–Crippen MR) is 241 cm³/mol. The highest BCUT2D eigenvalue weighted by molar-refractivity contribution is 7.95. The van der Waals surface area contributed by atoms with Gasteiger partial charge in [-0.15, -0.1) is 0 Å². The molecule has 0 aliphatic heterocycles. The lowest BCUT2D eigenvalue weighted by Gasteiger charge is -2.26. The highest BCUT2D eigenvalue weighted by Crippen LogP contribution is 2.64. The van der Waals surface area contributed by atoms with E-state index in [1.165, 1.54) is 37.2 Å². The second-order valence-corrected chi connectivity index (χ2v) is 22.5. The minimum absolute atomic E-state index is 0. The van der Waals surface area contributed by atoms with E-state index in [1.54, 1.807) is 7.11 Å². The first-order valence-corrected chi connectivity index (χ1v) is 24.1. The maximum Gasteiger partial charge on any atom is 0.311 e. The number of methoxy groups -OCH3 is 4. The van der Waals surface area contributed by atoms with Gasteiger partial charge in [-0.25, -0.2) is 0 Å². The Morgan fingerprint density at radius 3 is 1.19 bits per heavy atom. The van der Waals surface area contributed by atoms with Gasteiger partial charge >= 0.3 is 17.9 Å². The van der Waals surface area contributed by atoms with Crippen LogP contribution < -0.4 is 28.3 Å². The Labute approximate surface area is 380 Å². The highest BCUT2D eigenvalue weighted by atomic mass is 35.5. The fourth-order valence-corrected chi connectivity index (χ4v) is 15.9. The summed E-state index contributed by atoms with van der Waals surface area (Å²) in [6, 6.07) is 32.3. The van der Waals surface area contributed by atoms with Crippen molar-refractivity contribution in [2.45, 2.75) is 103 Å². The van der Waals surface area contributed by atoms with Gasteiger partial charge in [0.2, 0.25) is 0 Å². The van der Waals surface area contributed by atoms with Gasteiger partial charge in [0, 0.05) is 25.6 Å². The van der Waals surface area contributed by atoms with Gasteiger partial charge in [0.1, 0.15) is 35.7 Å². The van der Waals surface area contributed by atoms with Crippen LogP contribution in [0.15, 0.2) is 91.0 Å². The van der Waals surface area contributed by atoms with E-state index in [0.717, 1.165) is 109 Å².